The van der Waals surface area contributed by atoms with Crippen LogP contribution >= 0.6 is 0 Å². The standard InChI is InChI=1S/C22H21N7O2/c1-16-24-20(15-21(25-16)29-9-5-8-23-29)27-10-12-28(13-11-27)22(30)18-14-19(31-26-18)17-6-3-2-4-7-17/h2-9,14-15H,10-13H2,1H3. The zero-order valence-corrected chi connectivity index (χ0v) is 17.0. The molecule has 0 aliphatic carbocycles. The molecule has 4 heterocycles. The summed E-state index contributed by atoms with van der Waals surface area (Å²) in [6, 6.07) is 15.1. The van der Waals surface area contributed by atoms with E-state index in [1.54, 1.807) is 21.8 Å². The minimum Gasteiger partial charge on any atom is -0.355 e. The molecule has 1 saturated heterocycles. The number of carbonyl (C=O) groups excluding carboxylic acids is 1. The number of nitrogens with zero attached hydrogens (tertiary/aromatic N) is 7. The highest BCUT2D eigenvalue weighted by Gasteiger charge is 2.26. The van der Waals surface area contributed by atoms with Crippen LogP contribution in [-0.2, 0) is 0 Å². The van der Waals surface area contributed by atoms with E-state index in [0.29, 0.717) is 43.5 Å². The van der Waals surface area contributed by atoms with Gasteiger partial charge < -0.3 is 14.3 Å². The van der Waals surface area contributed by atoms with Gasteiger partial charge in [-0.05, 0) is 13.0 Å². The van der Waals surface area contributed by atoms with E-state index in [0.717, 1.165) is 17.2 Å². The van der Waals surface area contributed by atoms with Crippen molar-refractivity contribution in [3.8, 4) is 17.1 Å². The van der Waals surface area contributed by atoms with Gasteiger partial charge in [0.25, 0.3) is 5.91 Å². The highest BCUT2D eigenvalue weighted by molar-refractivity contribution is 5.93. The molecular weight excluding hydrogens is 394 g/mol. The third-order valence-electron chi connectivity index (χ3n) is 5.23. The van der Waals surface area contributed by atoms with Crippen LogP contribution in [0.2, 0.25) is 0 Å². The summed E-state index contributed by atoms with van der Waals surface area (Å²) < 4.78 is 7.10. The second-order valence-corrected chi connectivity index (χ2v) is 7.30. The molecule has 5 rings (SSSR count). The quantitative estimate of drug-likeness (QED) is 0.506. The summed E-state index contributed by atoms with van der Waals surface area (Å²) >= 11 is 0. The molecule has 1 amide bonds. The smallest absolute Gasteiger partial charge is 0.276 e. The van der Waals surface area contributed by atoms with Crippen LogP contribution in [0.4, 0.5) is 5.82 Å². The molecular formula is C22H21N7O2. The first-order chi connectivity index (χ1) is 15.2. The Morgan fingerprint density at radius 3 is 2.48 bits per heavy atom. The van der Waals surface area contributed by atoms with Crippen molar-refractivity contribution in [2.24, 2.45) is 0 Å². The van der Waals surface area contributed by atoms with Crippen LogP contribution in [-0.4, -0.2) is 61.9 Å². The average molecular weight is 415 g/mol. The summed E-state index contributed by atoms with van der Waals surface area (Å²) in [5.41, 5.74) is 1.22. The first-order valence-corrected chi connectivity index (χ1v) is 10.1. The van der Waals surface area contributed by atoms with Crippen molar-refractivity contribution in [3.63, 3.8) is 0 Å². The molecule has 1 aliphatic rings. The molecule has 3 aromatic heterocycles. The molecule has 0 spiro atoms. The molecule has 0 unspecified atom stereocenters. The molecule has 0 bridgehead atoms. The lowest BCUT2D eigenvalue weighted by Gasteiger charge is -2.35. The van der Waals surface area contributed by atoms with Crippen molar-refractivity contribution in [2.45, 2.75) is 6.92 Å². The zero-order valence-electron chi connectivity index (χ0n) is 17.0. The molecule has 0 N–H and O–H groups in total. The molecule has 31 heavy (non-hydrogen) atoms. The van der Waals surface area contributed by atoms with Crippen LogP contribution in [0.15, 0.2) is 65.4 Å². The number of benzene rings is 1. The number of amides is 1. The van der Waals surface area contributed by atoms with Crippen molar-refractivity contribution in [1.82, 2.24) is 29.8 Å². The third-order valence-corrected chi connectivity index (χ3v) is 5.23. The van der Waals surface area contributed by atoms with Gasteiger partial charge in [-0.3, -0.25) is 4.79 Å². The average Bonchev–Trinajstić information content (AvgIpc) is 3.52. The summed E-state index contributed by atoms with van der Waals surface area (Å²) in [5, 5.41) is 8.23. The van der Waals surface area contributed by atoms with E-state index in [1.807, 2.05) is 55.6 Å². The summed E-state index contributed by atoms with van der Waals surface area (Å²) in [4.78, 5) is 25.9. The molecule has 156 valence electrons. The lowest BCUT2D eigenvalue weighted by Crippen LogP contribution is -2.49. The second-order valence-electron chi connectivity index (χ2n) is 7.30. The van der Waals surface area contributed by atoms with Crippen LogP contribution in [0.3, 0.4) is 0 Å². The molecule has 1 aliphatic heterocycles. The Morgan fingerprint density at radius 1 is 0.968 bits per heavy atom. The van der Waals surface area contributed by atoms with E-state index in [2.05, 4.69) is 25.1 Å². The zero-order chi connectivity index (χ0) is 21.2. The van der Waals surface area contributed by atoms with Crippen molar-refractivity contribution >= 4 is 11.7 Å². The van der Waals surface area contributed by atoms with Gasteiger partial charge in [0, 0.05) is 56.3 Å². The Hall–Kier alpha value is -4.01. The van der Waals surface area contributed by atoms with E-state index in [9.17, 15) is 4.79 Å². The van der Waals surface area contributed by atoms with Crippen LogP contribution in [0.1, 0.15) is 16.3 Å². The van der Waals surface area contributed by atoms with E-state index in [1.165, 1.54) is 0 Å². The SMILES string of the molecule is Cc1nc(N2CCN(C(=O)c3cc(-c4ccccc4)on3)CC2)cc(-n2cccn2)n1. The van der Waals surface area contributed by atoms with Gasteiger partial charge in [0.05, 0.1) is 0 Å². The van der Waals surface area contributed by atoms with Crippen LogP contribution < -0.4 is 4.90 Å². The van der Waals surface area contributed by atoms with Gasteiger partial charge >= 0.3 is 0 Å². The fraction of sp³-hybridized carbons (Fsp3) is 0.227. The third kappa shape index (κ3) is 3.89. The van der Waals surface area contributed by atoms with Gasteiger partial charge in [0.15, 0.2) is 17.3 Å². The maximum absolute atomic E-state index is 12.9. The highest BCUT2D eigenvalue weighted by Crippen LogP contribution is 2.22. The predicted octanol–water partition coefficient (Wildman–Crippen LogP) is 2.59. The lowest BCUT2D eigenvalue weighted by molar-refractivity contribution is 0.0736. The number of carbonyl (C=O) groups is 1. The maximum atomic E-state index is 12.9. The monoisotopic (exact) mass is 415 g/mol. The summed E-state index contributed by atoms with van der Waals surface area (Å²) in [6.45, 7) is 4.36. The molecule has 9 nitrogen and oxygen atoms in total. The van der Waals surface area contributed by atoms with E-state index in [4.69, 9.17) is 4.52 Å². The van der Waals surface area contributed by atoms with Crippen LogP contribution in [0, 0.1) is 6.92 Å². The van der Waals surface area contributed by atoms with Gasteiger partial charge in [-0.15, -0.1) is 0 Å². The largest absolute Gasteiger partial charge is 0.355 e. The highest BCUT2D eigenvalue weighted by atomic mass is 16.5. The number of anilines is 1. The Morgan fingerprint density at radius 2 is 1.74 bits per heavy atom. The first kappa shape index (κ1) is 19.0. The van der Waals surface area contributed by atoms with E-state index >= 15 is 0 Å². The van der Waals surface area contributed by atoms with Crippen molar-refractivity contribution in [2.75, 3.05) is 31.1 Å². The molecule has 9 heteroatoms. The minimum absolute atomic E-state index is 0.123. The van der Waals surface area contributed by atoms with Crippen LogP contribution in [0.5, 0.6) is 0 Å². The first-order valence-electron chi connectivity index (χ1n) is 10.1. The summed E-state index contributed by atoms with van der Waals surface area (Å²) in [6.07, 6.45) is 3.57. The number of piperazine rings is 1. The number of hydrogen-bond donors (Lipinski definition) is 0. The van der Waals surface area contributed by atoms with Gasteiger partial charge in [-0.25, -0.2) is 14.6 Å². The molecule has 0 atom stereocenters. The van der Waals surface area contributed by atoms with Crippen molar-refractivity contribution < 1.29 is 9.32 Å². The number of rotatable bonds is 4. The normalized spacial score (nSPS) is 14.1. The van der Waals surface area contributed by atoms with Gasteiger partial charge in [-0.1, -0.05) is 35.5 Å². The lowest BCUT2D eigenvalue weighted by atomic mass is 10.1. The molecule has 0 saturated carbocycles. The summed E-state index contributed by atoms with van der Waals surface area (Å²) in [5.74, 6) is 2.70. The minimum atomic E-state index is -0.123. The molecule has 1 fully saturated rings. The molecule has 0 radical (unpaired) electrons. The number of aryl methyl sites for hydroxylation is 1. The molecule has 4 aromatic rings. The second kappa shape index (κ2) is 8.02. The van der Waals surface area contributed by atoms with Gasteiger partial charge in [0.1, 0.15) is 11.6 Å². The van der Waals surface area contributed by atoms with Crippen molar-refractivity contribution in [1.29, 1.82) is 0 Å². The number of aromatic nitrogens is 5. The van der Waals surface area contributed by atoms with Gasteiger partial charge in [-0.2, -0.15) is 5.10 Å². The van der Waals surface area contributed by atoms with Gasteiger partial charge in [0.2, 0.25) is 0 Å². The fourth-order valence-electron chi connectivity index (χ4n) is 3.64. The Bertz CT molecular complexity index is 1180. The topological polar surface area (TPSA) is 93.2 Å². The Balaban J connectivity index is 1.27. The van der Waals surface area contributed by atoms with E-state index < -0.39 is 0 Å². The Labute approximate surface area is 178 Å². The number of hydrogen-bond acceptors (Lipinski definition) is 7. The predicted molar refractivity (Wildman–Crippen MR) is 114 cm³/mol. The van der Waals surface area contributed by atoms with E-state index in [-0.39, 0.29) is 5.91 Å². The molecule has 1 aromatic carbocycles. The maximum Gasteiger partial charge on any atom is 0.276 e. The van der Waals surface area contributed by atoms with Crippen molar-refractivity contribution in [3.05, 3.63) is 72.4 Å². The van der Waals surface area contributed by atoms with Crippen LogP contribution in [0.25, 0.3) is 17.1 Å². The summed E-state index contributed by atoms with van der Waals surface area (Å²) in [7, 11) is 0. The fourth-order valence-corrected chi connectivity index (χ4v) is 3.64. The Kier molecular flexibility index (Phi) is 4.91.